The van der Waals surface area contributed by atoms with Crippen LogP contribution in [0.15, 0.2) is 18.2 Å². The molecule has 0 unspecified atom stereocenters. The van der Waals surface area contributed by atoms with Gasteiger partial charge >= 0.3 is 5.97 Å². The third-order valence-corrected chi connectivity index (χ3v) is 3.33. The molecule has 2 rings (SSSR count). The quantitative estimate of drug-likeness (QED) is 0.350. The van der Waals surface area contributed by atoms with E-state index in [2.05, 4.69) is 0 Å². The van der Waals surface area contributed by atoms with Gasteiger partial charge in [-0.3, -0.25) is 0 Å². The average Bonchev–Trinajstić information content (AvgIpc) is 2.49. The van der Waals surface area contributed by atoms with E-state index in [4.69, 9.17) is 25.4 Å². The van der Waals surface area contributed by atoms with Crippen molar-refractivity contribution >= 4 is 11.7 Å². The lowest BCUT2D eigenvalue weighted by Gasteiger charge is -2.39. The Hall–Kier alpha value is -1.91. The molecule has 9 heteroatoms. The van der Waals surface area contributed by atoms with Gasteiger partial charge in [-0.25, -0.2) is 4.79 Å². The van der Waals surface area contributed by atoms with Crippen LogP contribution in [-0.4, -0.2) is 68.8 Å². The highest BCUT2D eigenvalue weighted by atomic mass is 16.7. The SMILES string of the molecule is Nc1ccc(O[C@@H]2O[C@H](CO)[C@H](O)[C@H](O)[C@H]2O)c(C(=O)O)c1. The number of carbonyl (C=O) groups is 1. The van der Waals surface area contributed by atoms with Crippen molar-refractivity contribution in [2.45, 2.75) is 30.7 Å². The lowest BCUT2D eigenvalue weighted by Crippen LogP contribution is -2.60. The molecule has 0 saturated carbocycles. The number of aliphatic hydroxyl groups is 4. The standard InChI is InChI=1S/C13H17NO8/c14-5-1-2-7(6(3-5)12(19)20)21-13-11(18)10(17)9(16)8(4-15)22-13/h1-3,8-11,13,15-18H,4,14H2,(H,19,20)/t8-,9+,10+,11-,13-/m1/s1. The van der Waals surface area contributed by atoms with Gasteiger partial charge in [0.1, 0.15) is 35.7 Å². The number of ether oxygens (including phenoxy) is 2. The molecule has 1 aromatic carbocycles. The van der Waals surface area contributed by atoms with Gasteiger partial charge in [0.25, 0.3) is 0 Å². The van der Waals surface area contributed by atoms with E-state index in [1.807, 2.05) is 0 Å². The fourth-order valence-electron chi connectivity index (χ4n) is 2.11. The van der Waals surface area contributed by atoms with Crippen molar-refractivity contribution in [1.82, 2.24) is 0 Å². The molecule has 1 saturated heterocycles. The Morgan fingerprint density at radius 3 is 2.50 bits per heavy atom. The molecule has 0 aliphatic carbocycles. The third-order valence-electron chi connectivity index (χ3n) is 3.33. The highest BCUT2D eigenvalue weighted by Crippen LogP contribution is 2.27. The summed E-state index contributed by atoms with van der Waals surface area (Å²) in [6, 6.07) is 3.84. The van der Waals surface area contributed by atoms with E-state index in [0.29, 0.717) is 0 Å². The zero-order chi connectivity index (χ0) is 16.4. The Bertz CT molecular complexity index is 549. The maximum atomic E-state index is 11.2. The topological polar surface area (TPSA) is 163 Å². The summed E-state index contributed by atoms with van der Waals surface area (Å²) in [6.45, 7) is -0.613. The summed E-state index contributed by atoms with van der Waals surface area (Å²) >= 11 is 0. The monoisotopic (exact) mass is 315 g/mol. The van der Waals surface area contributed by atoms with Crippen LogP contribution in [0.3, 0.4) is 0 Å². The van der Waals surface area contributed by atoms with Crippen LogP contribution >= 0.6 is 0 Å². The van der Waals surface area contributed by atoms with Crippen LogP contribution in [0.2, 0.25) is 0 Å². The summed E-state index contributed by atoms with van der Waals surface area (Å²) in [7, 11) is 0. The normalized spacial score (nSPS) is 31.7. The van der Waals surface area contributed by atoms with Gasteiger partial charge in [-0.15, -0.1) is 0 Å². The predicted octanol–water partition coefficient (Wildman–Crippen LogP) is -1.85. The van der Waals surface area contributed by atoms with Crippen LogP contribution in [0, 0.1) is 0 Å². The molecule has 1 aliphatic heterocycles. The lowest BCUT2D eigenvalue weighted by molar-refractivity contribution is -0.277. The van der Waals surface area contributed by atoms with E-state index in [0.717, 1.165) is 0 Å². The number of hydrogen-bond donors (Lipinski definition) is 6. The maximum absolute atomic E-state index is 11.2. The van der Waals surface area contributed by atoms with Gasteiger partial charge < -0.3 is 40.7 Å². The van der Waals surface area contributed by atoms with Gasteiger partial charge in [0.15, 0.2) is 0 Å². The number of carboxylic acids is 1. The van der Waals surface area contributed by atoms with Crippen molar-refractivity contribution in [3.63, 3.8) is 0 Å². The van der Waals surface area contributed by atoms with Crippen molar-refractivity contribution in [1.29, 1.82) is 0 Å². The number of aliphatic hydroxyl groups excluding tert-OH is 4. The van der Waals surface area contributed by atoms with Crippen molar-refractivity contribution in [3.8, 4) is 5.75 Å². The predicted molar refractivity (Wildman–Crippen MR) is 72.2 cm³/mol. The van der Waals surface area contributed by atoms with E-state index in [-0.39, 0.29) is 17.0 Å². The van der Waals surface area contributed by atoms with Crippen LogP contribution in [0.4, 0.5) is 5.69 Å². The maximum Gasteiger partial charge on any atom is 0.339 e. The zero-order valence-electron chi connectivity index (χ0n) is 11.4. The van der Waals surface area contributed by atoms with Crippen LogP contribution in [-0.2, 0) is 4.74 Å². The molecule has 9 nitrogen and oxygen atoms in total. The number of nitrogens with two attached hydrogens (primary N) is 1. The van der Waals surface area contributed by atoms with Gasteiger partial charge in [-0.2, -0.15) is 0 Å². The first-order valence-electron chi connectivity index (χ1n) is 6.45. The van der Waals surface area contributed by atoms with Crippen LogP contribution in [0.1, 0.15) is 10.4 Å². The molecule has 1 aliphatic rings. The molecule has 0 radical (unpaired) electrons. The van der Waals surface area contributed by atoms with Gasteiger partial charge in [0.05, 0.1) is 6.61 Å². The second kappa shape index (κ2) is 6.46. The summed E-state index contributed by atoms with van der Waals surface area (Å²) in [6.07, 6.45) is -7.37. The zero-order valence-corrected chi connectivity index (χ0v) is 11.4. The highest BCUT2D eigenvalue weighted by molar-refractivity contribution is 5.92. The van der Waals surface area contributed by atoms with Crippen molar-refractivity contribution in [3.05, 3.63) is 23.8 Å². The first-order valence-corrected chi connectivity index (χ1v) is 6.45. The summed E-state index contributed by atoms with van der Waals surface area (Å²) in [5.74, 6) is -1.43. The number of nitrogen functional groups attached to an aromatic ring is 1. The summed E-state index contributed by atoms with van der Waals surface area (Å²) in [5, 5.41) is 47.4. The highest BCUT2D eigenvalue weighted by Gasteiger charge is 2.44. The molecule has 1 fully saturated rings. The molecule has 5 atom stereocenters. The molecular weight excluding hydrogens is 298 g/mol. The van der Waals surface area contributed by atoms with E-state index in [9.17, 15) is 20.1 Å². The number of carboxylic acid groups (broad SMARTS) is 1. The molecule has 7 N–H and O–H groups in total. The van der Waals surface area contributed by atoms with E-state index in [1.165, 1.54) is 18.2 Å². The van der Waals surface area contributed by atoms with Gasteiger partial charge in [-0.1, -0.05) is 0 Å². The minimum Gasteiger partial charge on any atom is -0.478 e. The molecular formula is C13H17NO8. The second-order valence-corrected chi connectivity index (χ2v) is 4.88. The van der Waals surface area contributed by atoms with E-state index >= 15 is 0 Å². The lowest BCUT2D eigenvalue weighted by atomic mass is 9.99. The molecule has 22 heavy (non-hydrogen) atoms. The number of aromatic carboxylic acids is 1. The first-order chi connectivity index (χ1) is 10.3. The fourth-order valence-corrected chi connectivity index (χ4v) is 2.11. The van der Waals surface area contributed by atoms with Crippen LogP contribution in [0.5, 0.6) is 5.75 Å². The second-order valence-electron chi connectivity index (χ2n) is 4.88. The van der Waals surface area contributed by atoms with Gasteiger partial charge in [-0.05, 0) is 18.2 Å². The molecule has 0 aromatic heterocycles. The molecule has 122 valence electrons. The van der Waals surface area contributed by atoms with Crippen molar-refractivity contribution in [2.75, 3.05) is 12.3 Å². The fraction of sp³-hybridized carbons (Fsp3) is 0.462. The average molecular weight is 315 g/mol. The summed E-state index contributed by atoms with van der Waals surface area (Å²) in [5.41, 5.74) is 5.46. The summed E-state index contributed by atoms with van der Waals surface area (Å²) in [4.78, 5) is 11.2. The molecule has 0 amide bonds. The molecule has 0 spiro atoms. The first kappa shape index (κ1) is 16.5. The Labute approximate surface area is 125 Å². The Morgan fingerprint density at radius 2 is 1.91 bits per heavy atom. The van der Waals surface area contributed by atoms with Crippen molar-refractivity contribution in [2.24, 2.45) is 0 Å². The minimum atomic E-state index is -1.63. The van der Waals surface area contributed by atoms with E-state index in [1.54, 1.807) is 0 Å². The van der Waals surface area contributed by atoms with E-state index < -0.39 is 43.3 Å². The number of benzene rings is 1. The molecule has 1 aromatic rings. The Morgan fingerprint density at radius 1 is 1.23 bits per heavy atom. The number of hydrogen-bond acceptors (Lipinski definition) is 8. The number of rotatable bonds is 4. The van der Waals surface area contributed by atoms with Crippen molar-refractivity contribution < 1.29 is 39.8 Å². The summed E-state index contributed by atoms with van der Waals surface area (Å²) < 4.78 is 10.4. The smallest absolute Gasteiger partial charge is 0.339 e. The van der Waals surface area contributed by atoms with Crippen LogP contribution < -0.4 is 10.5 Å². The third kappa shape index (κ3) is 3.13. The minimum absolute atomic E-state index is 0.133. The van der Waals surface area contributed by atoms with Gasteiger partial charge in [0, 0.05) is 5.69 Å². The Kier molecular flexibility index (Phi) is 4.84. The molecule has 1 heterocycles. The largest absolute Gasteiger partial charge is 0.478 e. The van der Waals surface area contributed by atoms with Crippen LogP contribution in [0.25, 0.3) is 0 Å². The number of anilines is 1. The molecule has 0 bridgehead atoms. The Balaban J connectivity index is 2.24. The van der Waals surface area contributed by atoms with Gasteiger partial charge in [0.2, 0.25) is 6.29 Å².